The molecule has 6 nitrogen and oxygen atoms in total. The molecular weight excluding hydrogens is 365 g/mol. The molecule has 3 aromatic carbocycles. The number of aromatic carboxylic acids is 1. The molecular formula is C21H16FNO5. The van der Waals surface area contributed by atoms with Crippen molar-refractivity contribution < 1.29 is 24.0 Å². The lowest BCUT2D eigenvalue weighted by Gasteiger charge is -2.04. The predicted octanol–water partition coefficient (Wildman–Crippen LogP) is 4.66. The van der Waals surface area contributed by atoms with Crippen LogP contribution in [0.5, 0.6) is 0 Å². The van der Waals surface area contributed by atoms with Gasteiger partial charge in [0.1, 0.15) is 5.82 Å². The number of carbonyl (C=O) groups excluding carboxylic acids is 1. The third kappa shape index (κ3) is 5.31. The number of hydrogen-bond donors (Lipinski definition) is 1. The number of non-ortho nitro benzene ring substituents is 1. The highest BCUT2D eigenvalue weighted by Crippen LogP contribution is 2.19. The van der Waals surface area contributed by atoms with Gasteiger partial charge in [0.25, 0.3) is 5.69 Å². The van der Waals surface area contributed by atoms with Gasteiger partial charge in [-0.1, -0.05) is 30.3 Å². The number of benzene rings is 3. The first-order chi connectivity index (χ1) is 13.3. The number of carboxylic acid groups (broad SMARTS) is 1. The fraction of sp³-hybridized carbons (Fsp3) is 0.0476. The summed E-state index contributed by atoms with van der Waals surface area (Å²) < 4.78 is 12.2. The van der Waals surface area contributed by atoms with Crippen molar-refractivity contribution in [3.8, 4) is 0 Å². The van der Waals surface area contributed by atoms with Gasteiger partial charge in [0.05, 0.1) is 10.5 Å². The lowest BCUT2D eigenvalue weighted by molar-refractivity contribution is -0.384. The molecule has 0 atom stereocenters. The first-order valence-electron chi connectivity index (χ1n) is 8.13. The van der Waals surface area contributed by atoms with Gasteiger partial charge < -0.3 is 5.11 Å². The molecule has 0 aliphatic rings. The molecule has 28 heavy (non-hydrogen) atoms. The number of halogens is 1. The minimum atomic E-state index is -1.04. The summed E-state index contributed by atoms with van der Waals surface area (Å²) in [5, 5.41) is 19.0. The molecule has 142 valence electrons. The minimum Gasteiger partial charge on any atom is -0.478 e. The van der Waals surface area contributed by atoms with Gasteiger partial charge in [0.15, 0.2) is 5.78 Å². The molecule has 0 bridgehead atoms. The first-order valence-corrected chi connectivity index (χ1v) is 8.13. The number of nitro benzene ring substituents is 1. The van der Waals surface area contributed by atoms with Crippen molar-refractivity contribution in [1.82, 2.24) is 0 Å². The molecule has 7 heteroatoms. The van der Waals surface area contributed by atoms with E-state index in [0.717, 1.165) is 12.1 Å². The number of nitro groups is 1. The Balaban J connectivity index is 0.000000237. The molecule has 0 aromatic heterocycles. The van der Waals surface area contributed by atoms with Crippen LogP contribution in [0.4, 0.5) is 10.1 Å². The molecule has 0 saturated carbocycles. The SMILES string of the molecule is Cc1cc([N+](=O)[O-])ccc1C(=O)c1ccccc1.O=C(O)c1ccc(F)cc1. The van der Waals surface area contributed by atoms with Crippen molar-refractivity contribution >= 4 is 17.4 Å². The van der Waals surface area contributed by atoms with Crippen LogP contribution in [0.1, 0.15) is 31.8 Å². The first kappa shape index (κ1) is 20.4. The van der Waals surface area contributed by atoms with Crippen LogP contribution in [0.3, 0.4) is 0 Å². The van der Waals surface area contributed by atoms with Gasteiger partial charge in [0.2, 0.25) is 0 Å². The Morgan fingerprint density at radius 2 is 1.54 bits per heavy atom. The van der Waals surface area contributed by atoms with Crippen molar-refractivity contribution in [3.05, 3.63) is 111 Å². The summed E-state index contributed by atoms with van der Waals surface area (Å²) >= 11 is 0. The molecule has 0 fully saturated rings. The molecule has 3 aromatic rings. The highest BCUT2D eigenvalue weighted by atomic mass is 19.1. The third-order valence-corrected chi connectivity index (χ3v) is 3.79. The predicted molar refractivity (Wildman–Crippen MR) is 101 cm³/mol. The Bertz CT molecular complexity index is 1000. The van der Waals surface area contributed by atoms with Gasteiger partial charge in [-0.25, -0.2) is 9.18 Å². The summed E-state index contributed by atoms with van der Waals surface area (Å²) in [5.41, 5.74) is 1.78. The van der Waals surface area contributed by atoms with Gasteiger partial charge >= 0.3 is 5.97 Å². The average molecular weight is 381 g/mol. The van der Waals surface area contributed by atoms with E-state index < -0.39 is 16.7 Å². The van der Waals surface area contributed by atoms with E-state index in [2.05, 4.69) is 0 Å². The number of aryl methyl sites for hydroxylation is 1. The molecule has 0 heterocycles. The lowest BCUT2D eigenvalue weighted by Crippen LogP contribution is -2.04. The van der Waals surface area contributed by atoms with E-state index in [1.54, 1.807) is 31.2 Å². The van der Waals surface area contributed by atoms with E-state index >= 15 is 0 Å². The van der Waals surface area contributed by atoms with Crippen LogP contribution in [0.2, 0.25) is 0 Å². The van der Waals surface area contributed by atoms with Gasteiger partial charge in [-0.2, -0.15) is 0 Å². The maximum absolute atomic E-state index is 12.2. The normalized spacial score (nSPS) is 9.79. The Morgan fingerprint density at radius 1 is 0.929 bits per heavy atom. The number of hydrogen-bond acceptors (Lipinski definition) is 4. The molecule has 0 saturated heterocycles. The minimum absolute atomic E-state index is 0.00267. The average Bonchev–Trinajstić information content (AvgIpc) is 2.69. The Labute approximate surface area is 160 Å². The topological polar surface area (TPSA) is 97.5 Å². The second kappa shape index (κ2) is 9.18. The van der Waals surface area contributed by atoms with Crippen LogP contribution in [-0.4, -0.2) is 21.8 Å². The van der Waals surface area contributed by atoms with Gasteiger partial charge in [-0.15, -0.1) is 0 Å². The molecule has 3 rings (SSSR count). The van der Waals surface area contributed by atoms with Crippen molar-refractivity contribution in [2.45, 2.75) is 6.92 Å². The fourth-order valence-electron chi connectivity index (χ4n) is 2.35. The fourth-order valence-corrected chi connectivity index (χ4v) is 2.35. The molecule has 0 aliphatic heterocycles. The van der Waals surface area contributed by atoms with Crippen LogP contribution in [-0.2, 0) is 0 Å². The second-order valence-electron chi connectivity index (χ2n) is 5.76. The maximum Gasteiger partial charge on any atom is 0.335 e. The Morgan fingerprint density at radius 3 is 2.04 bits per heavy atom. The zero-order chi connectivity index (χ0) is 20.7. The van der Waals surface area contributed by atoms with Crippen LogP contribution >= 0.6 is 0 Å². The zero-order valence-electron chi connectivity index (χ0n) is 14.8. The summed E-state index contributed by atoms with van der Waals surface area (Å²) in [6, 6.07) is 17.8. The van der Waals surface area contributed by atoms with E-state index in [4.69, 9.17) is 5.11 Å². The quantitative estimate of drug-likeness (QED) is 0.403. The van der Waals surface area contributed by atoms with E-state index in [9.17, 15) is 24.1 Å². The highest BCUT2D eigenvalue weighted by Gasteiger charge is 2.14. The largest absolute Gasteiger partial charge is 0.478 e. The van der Waals surface area contributed by atoms with Crippen LogP contribution in [0, 0.1) is 22.9 Å². The highest BCUT2D eigenvalue weighted by molar-refractivity contribution is 6.09. The van der Waals surface area contributed by atoms with Crippen LogP contribution in [0.15, 0.2) is 72.8 Å². The number of ketones is 1. The van der Waals surface area contributed by atoms with Gasteiger partial charge in [0, 0.05) is 23.3 Å². The smallest absolute Gasteiger partial charge is 0.335 e. The lowest BCUT2D eigenvalue weighted by atomic mass is 9.99. The number of carbonyl (C=O) groups is 2. The van der Waals surface area contributed by atoms with Crippen molar-refractivity contribution in [2.75, 3.05) is 0 Å². The van der Waals surface area contributed by atoms with E-state index in [1.165, 1.54) is 30.3 Å². The monoisotopic (exact) mass is 381 g/mol. The van der Waals surface area contributed by atoms with Crippen molar-refractivity contribution in [1.29, 1.82) is 0 Å². The standard InChI is InChI=1S/C14H11NO3.C7H5FO2/c1-10-9-12(15(17)18)7-8-13(10)14(16)11-5-3-2-4-6-11;8-6-3-1-5(2-4-6)7(9)10/h2-9H,1H3;1-4H,(H,9,10). The Hall–Kier alpha value is -3.87. The van der Waals surface area contributed by atoms with Crippen molar-refractivity contribution in [2.24, 2.45) is 0 Å². The third-order valence-electron chi connectivity index (χ3n) is 3.79. The molecule has 1 N–H and O–H groups in total. The maximum atomic E-state index is 12.2. The number of rotatable bonds is 4. The summed E-state index contributed by atoms with van der Waals surface area (Å²) in [6.07, 6.45) is 0. The van der Waals surface area contributed by atoms with Crippen LogP contribution in [0.25, 0.3) is 0 Å². The second-order valence-corrected chi connectivity index (χ2v) is 5.76. The zero-order valence-corrected chi connectivity index (χ0v) is 14.8. The summed E-state index contributed by atoms with van der Waals surface area (Å²) in [4.78, 5) is 32.5. The van der Waals surface area contributed by atoms with Crippen molar-refractivity contribution in [3.63, 3.8) is 0 Å². The summed E-state index contributed by atoms with van der Waals surface area (Å²) in [7, 11) is 0. The molecule has 0 spiro atoms. The van der Waals surface area contributed by atoms with E-state index in [1.807, 2.05) is 6.07 Å². The Kier molecular flexibility index (Phi) is 6.70. The van der Waals surface area contributed by atoms with Gasteiger partial charge in [-0.3, -0.25) is 14.9 Å². The summed E-state index contributed by atoms with van der Waals surface area (Å²) in [6.45, 7) is 1.70. The van der Waals surface area contributed by atoms with E-state index in [0.29, 0.717) is 16.7 Å². The molecule has 0 aliphatic carbocycles. The molecule has 0 amide bonds. The molecule has 0 radical (unpaired) electrons. The van der Waals surface area contributed by atoms with E-state index in [-0.39, 0.29) is 17.0 Å². The molecule has 0 unspecified atom stereocenters. The number of nitrogens with zero attached hydrogens (tertiary/aromatic N) is 1. The number of carboxylic acids is 1. The van der Waals surface area contributed by atoms with Crippen LogP contribution < -0.4 is 0 Å². The summed E-state index contributed by atoms with van der Waals surface area (Å²) in [5.74, 6) is -1.59. The van der Waals surface area contributed by atoms with Gasteiger partial charge in [-0.05, 0) is 42.8 Å².